The van der Waals surface area contributed by atoms with Crippen LogP contribution in [0, 0.1) is 6.92 Å². The number of thioether (sulfide) groups is 1. The number of rotatable bonds is 6. The molecular weight excluding hydrogens is 358 g/mol. The van der Waals surface area contributed by atoms with Crippen molar-refractivity contribution in [2.45, 2.75) is 12.7 Å². The number of methoxy groups -OCH3 is 1. The first-order valence-corrected chi connectivity index (χ1v) is 9.77. The first-order valence-electron chi connectivity index (χ1n) is 8.61. The first kappa shape index (κ1) is 19.0. The lowest BCUT2D eigenvalue weighted by Gasteiger charge is -2.10. The van der Waals surface area contributed by atoms with Crippen LogP contribution >= 0.6 is 11.8 Å². The van der Waals surface area contributed by atoms with E-state index in [9.17, 15) is 9.59 Å². The lowest BCUT2D eigenvalue weighted by molar-refractivity contribution is -0.113. The van der Waals surface area contributed by atoms with Crippen molar-refractivity contribution in [3.05, 3.63) is 77.4 Å². The van der Waals surface area contributed by atoms with E-state index in [1.807, 2.05) is 25.1 Å². The predicted octanol–water partition coefficient (Wildman–Crippen LogP) is 4.81. The van der Waals surface area contributed by atoms with E-state index in [1.165, 1.54) is 23.4 Å². The molecule has 0 unspecified atom stereocenters. The van der Waals surface area contributed by atoms with Crippen molar-refractivity contribution in [3.8, 4) is 0 Å². The molecule has 1 N–H and O–H groups in total. The molecule has 0 saturated heterocycles. The van der Waals surface area contributed by atoms with Crippen molar-refractivity contribution in [3.63, 3.8) is 0 Å². The van der Waals surface area contributed by atoms with Crippen molar-refractivity contribution in [2.75, 3.05) is 18.2 Å². The van der Waals surface area contributed by atoms with E-state index in [0.717, 1.165) is 11.3 Å². The van der Waals surface area contributed by atoms with Crippen molar-refractivity contribution >= 4 is 40.1 Å². The molecule has 138 valence electrons. The summed E-state index contributed by atoms with van der Waals surface area (Å²) in [7, 11) is 1.35. The van der Waals surface area contributed by atoms with Gasteiger partial charge in [0.2, 0.25) is 5.91 Å². The highest BCUT2D eigenvalue weighted by Crippen LogP contribution is 2.23. The van der Waals surface area contributed by atoms with Gasteiger partial charge in [0, 0.05) is 11.4 Å². The van der Waals surface area contributed by atoms with Crippen LogP contribution in [0.5, 0.6) is 0 Å². The summed E-state index contributed by atoms with van der Waals surface area (Å²) in [5.41, 5.74) is 3.23. The molecule has 0 aromatic heterocycles. The highest BCUT2D eigenvalue weighted by atomic mass is 32.2. The molecule has 0 fully saturated rings. The molecule has 3 aromatic rings. The molecule has 3 aromatic carbocycles. The second-order valence-corrected chi connectivity index (χ2v) is 7.19. The Balaban J connectivity index is 1.58. The standard InChI is InChI=1S/C22H21NO3S/c1-15-12-17(22(25)26-2)10-11-20(15)23-21(24)14-27-13-18-8-5-7-16-6-3-4-9-19(16)18/h3-12H,13-14H2,1-2H3,(H,23,24). The number of anilines is 1. The third-order valence-corrected chi connectivity index (χ3v) is 5.27. The van der Waals surface area contributed by atoms with E-state index in [1.54, 1.807) is 30.0 Å². The topological polar surface area (TPSA) is 55.4 Å². The van der Waals surface area contributed by atoms with Crippen LogP contribution in [-0.4, -0.2) is 24.7 Å². The van der Waals surface area contributed by atoms with Crippen LogP contribution in [0.25, 0.3) is 10.8 Å². The quantitative estimate of drug-likeness (QED) is 0.625. The number of nitrogens with one attached hydrogen (secondary N) is 1. The van der Waals surface area contributed by atoms with Crippen molar-refractivity contribution in [1.82, 2.24) is 0 Å². The predicted molar refractivity (Wildman–Crippen MR) is 111 cm³/mol. The zero-order valence-corrected chi connectivity index (χ0v) is 16.1. The van der Waals surface area contributed by atoms with E-state index in [-0.39, 0.29) is 11.9 Å². The van der Waals surface area contributed by atoms with Crippen LogP contribution in [0.1, 0.15) is 21.5 Å². The Hall–Kier alpha value is -2.79. The Morgan fingerprint density at radius 3 is 2.59 bits per heavy atom. The van der Waals surface area contributed by atoms with Gasteiger partial charge in [-0.2, -0.15) is 0 Å². The van der Waals surface area contributed by atoms with Gasteiger partial charge in [-0.3, -0.25) is 4.79 Å². The van der Waals surface area contributed by atoms with Crippen LogP contribution in [0.2, 0.25) is 0 Å². The Labute approximate surface area is 162 Å². The molecular formula is C22H21NO3S. The average Bonchev–Trinajstić information content (AvgIpc) is 2.69. The van der Waals surface area contributed by atoms with Crippen LogP contribution in [0.4, 0.5) is 5.69 Å². The molecule has 0 radical (unpaired) electrons. The number of esters is 1. The van der Waals surface area contributed by atoms with Gasteiger partial charge in [0.1, 0.15) is 0 Å². The number of carbonyl (C=O) groups excluding carboxylic acids is 2. The Morgan fingerprint density at radius 2 is 1.81 bits per heavy atom. The maximum Gasteiger partial charge on any atom is 0.337 e. The highest BCUT2D eigenvalue weighted by molar-refractivity contribution is 7.99. The summed E-state index contributed by atoms with van der Waals surface area (Å²) in [6.45, 7) is 1.85. The molecule has 3 rings (SSSR count). The van der Waals surface area contributed by atoms with Gasteiger partial charge < -0.3 is 10.1 Å². The van der Waals surface area contributed by atoms with Gasteiger partial charge in [0.25, 0.3) is 0 Å². The second-order valence-electron chi connectivity index (χ2n) is 6.20. The molecule has 4 nitrogen and oxygen atoms in total. The van der Waals surface area contributed by atoms with Gasteiger partial charge in [-0.1, -0.05) is 42.5 Å². The van der Waals surface area contributed by atoms with Gasteiger partial charge in [-0.25, -0.2) is 4.79 Å². The van der Waals surface area contributed by atoms with E-state index in [0.29, 0.717) is 17.0 Å². The Bertz CT molecular complexity index is 979. The molecule has 0 spiro atoms. The maximum absolute atomic E-state index is 12.3. The lowest BCUT2D eigenvalue weighted by atomic mass is 10.1. The minimum Gasteiger partial charge on any atom is -0.465 e. The molecule has 0 heterocycles. The summed E-state index contributed by atoms with van der Waals surface area (Å²) in [4.78, 5) is 23.8. The van der Waals surface area contributed by atoms with Crippen LogP contribution in [0.15, 0.2) is 60.7 Å². The number of ether oxygens (including phenoxy) is 1. The van der Waals surface area contributed by atoms with Crippen LogP contribution < -0.4 is 5.32 Å². The second kappa shape index (κ2) is 8.73. The van der Waals surface area contributed by atoms with Crippen LogP contribution in [-0.2, 0) is 15.3 Å². The third kappa shape index (κ3) is 4.68. The lowest BCUT2D eigenvalue weighted by Crippen LogP contribution is -2.15. The molecule has 0 aliphatic heterocycles. The van der Waals surface area contributed by atoms with Gasteiger partial charge in [0.05, 0.1) is 18.4 Å². The molecule has 0 aliphatic rings. The van der Waals surface area contributed by atoms with Gasteiger partial charge in [-0.05, 0) is 47.0 Å². The van der Waals surface area contributed by atoms with Gasteiger partial charge in [-0.15, -0.1) is 11.8 Å². The summed E-state index contributed by atoms with van der Waals surface area (Å²) < 4.78 is 4.71. The maximum atomic E-state index is 12.3. The highest BCUT2D eigenvalue weighted by Gasteiger charge is 2.10. The summed E-state index contributed by atoms with van der Waals surface area (Å²) in [6, 6.07) is 19.6. The fourth-order valence-electron chi connectivity index (χ4n) is 2.91. The Kier molecular flexibility index (Phi) is 6.14. The van der Waals surface area contributed by atoms with Crippen LogP contribution in [0.3, 0.4) is 0 Å². The summed E-state index contributed by atoms with van der Waals surface area (Å²) in [5, 5.41) is 5.34. The van der Waals surface area contributed by atoms with Crippen molar-refractivity contribution in [1.29, 1.82) is 0 Å². The monoisotopic (exact) mass is 379 g/mol. The molecule has 0 saturated carbocycles. The molecule has 27 heavy (non-hydrogen) atoms. The number of fused-ring (bicyclic) bond motifs is 1. The van der Waals surface area contributed by atoms with Gasteiger partial charge in [0.15, 0.2) is 0 Å². The number of hydrogen-bond acceptors (Lipinski definition) is 4. The van der Waals surface area contributed by atoms with Crippen molar-refractivity contribution < 1.29 is 14.3 Å². The SMILES string of the molecule is COC(=O)c1ccc(NC(=O)CSCc2cccc3ccccc23)c(C)c1. The largest absolute Gasteiger partial charge is 0.465 e. The number of amides is 1. The average molecular weight is 379 g/mol. The number of aryl methyl sites for hydroxylation is 1. The smallest absolute Gasteiger partial charge is 0.337 e. The first-order chi connectivity index (χ1) is 13.1. The van der Waals surface area contributed by atoms with Crippen molar-refractivity contribution in [2.24, 2.45) is 0 Å². The van der Waals surface area contributed by atoms with Gasteiger partial charge >= 0.3 is 5.97 Å². The minimum absolute atomic E-state index is 0.0610. The molecule has 1 amide bonds. The van der Waals surface area contributed by atoms with E-state index in [4.69, 9.17) is 4.74 Å². The molecule has 0 bridgehead atoms. The zero-order chi connectivity index (χ0) is 19.2. The third-order valence-electron chi connectivity index (χ3n) is 4.29. The number of carbonyl (C=O) groups is 2. The van der Waals surface area contributed by atoms with E-state index >= 15 is 0 Å². The summed E-state index contributed by atoms with van der Waals surface area (Å²) in [6.07, 6.45) is 0. The molecule has 0 atom stereocenters. The number of hydrogen-bond donors (Lipinski definition) is 1. The fraction of sp³-hybridized carbons (Fsp3) is 0.182. The Morgan fingerprint density at radius 1 is 1.04 bits per heavy atom. The zero-order valence-electron chi connectivity index (χ0n) is 15.3. The minimum atomic E-state index is -0.387. The van der Waals surface area contributed by atoms with E-state index in [2.05, 4.69) is 29.6 Å². The summed E-state index contributed by atoms with van der Waals surface area (Å²) in [5.74, 6) is 0.687. The molecule has 5 heteroatoms. The normalized spacial score (nSPS) is 10.6. The molecule has 0 aliphatic carbocycles. The number of benzene rings is 3. The fourth-order valence-corrected chi connectivity index (χ4v) is 3.74. The summed E-state index contributed by atoms with van der Waals surface area (Å²) >= 11 is 1.58. The van der Waals surface area contributed by atoms with E-state index < -0.39 is 0 Å².